The van der Waals surface area contributed by atoms with Gasteiger partial charge in [0.25, 0.3) is 0 Å². The maximum Gasteiger partial charge on any atom is 0.0435 e. The molecule has 0 saturated heterocycles. The highest BCUT2D eigenvalue weighted by Gasteiger charge is 1.99. The first kappa shape index (κ1) is 16.0. The Morgan fingerprint density at radius 3 is 2.12 bits per heavy atom. The summed E-state index contributed by atoms with van der Waals surface area (Å²) in [6.45, 7) is 11.6. The second-order valence-corrected chi connectivity index (χ2v) is 4.80. The third-order valence-electron chi connectivity index (χ3n) is 2.02. The Balaban J connectivity index is 4.52. The van der Waals surface area contributed by atoms with E-state index in [1.165, 1.54) is 18.2 Å². The molecular weight excluding hydrogens is 248 g/mol. The van der Waals surface area contributed by atoms with Gasteiger partial charge in [-0.15, -0.1) is 11.8 Å². The van der Waals surface area contributed by atoms with Crippen LogP contribution in [0.3, 0.4) is 0 Å². The highest BCUT2D eigenvalue weighted by atomic mass is 32.2. The van der Waals surface area contributed by atoms with Crippen LogP contribution >= 0.6 is 23.7 Å². The van der Waals surface area contributed by atoms with Gasteiger partial charge in [0.05, 0.1) is 0 Å². The molecule has 0 heterocycles. The van der Waals surface area contributed by atoms with Gasteiger partial charge in [-0.05, 0) is 20.1 Å². The minimum atomic E-state index is 0.768. The standard InChI is InChI=1S/C13H18N2S2/c1-6-12(8-14)11(4)17-15-9-13(7-2)10(3)16-5/h6-9,14H,3-4H2,1-2,5H3/b12-6-,13-7-,14-8?,15-9-. The zero-order chi connectivity index (χ0) is 13.3. The minimum absolute atomic E-state index is 0.768. The summed E-state index contributed by atoms with van der Waals surface area (Å²) in [5.41, 5.74) is 1.80. The zero-order valence-electron chi connectivity index (χ0n) is 10.5. The second-order valence-electron chi connectivity index (χ2n) is 3.01. The van der Waals surface area contributed by atoms with Crippen LogP contribution < -0.4 is 0 Å². The van der Waals surface area contributed by atoms with Crippen molar-refractivity contribution >= 4 is 36.1 Å². The fourth-order valence-corrected chi connectivity index (χ4v) is 1.93. The smallest absolute Gasteiger partial charge is 0.0435 e. The Bertz CT molecular complexity index is 390. The number of allylic oxidation sites excluding steroid dienone is 4. The molecule has 0 saturated carbocycles. The monoisotopic (exact) mass is 266 g/mol. The number of thioether (sulfide) groups is 1. The summed E-state index contributed by atoms with van der Waals surface area (Å²) in [7, 11) is 0. The first-order valence-electron chi connectivity index (χ1n) is 5.06. The van der Waals surface area contributed by atoms with E-state index in [4.69, 9.17) is 5.41 Å². The molecule has 0 radical (unpaired) electrons. The molecule has 0 aliphatic rings. The molecule has 0 bridgehead atoms. The van der Waals surface area contributed by atoms with Gasteiger partial charge < -0.3 is 5.41 Å². The minimum Gasteiger partial charge on any atom is -0.308 e. The molecule has 0 aliphatic heterocycles. The van der Waals surface area contributed by atoms with E-state index < -0.39 is 0 Å². The van der Waals surface area contributed by atoms with E-state index >= 15 is 0 Å². The first-order chi connectivity index (χ1) is 8.10. The fourth-order valence-electron chi connectivity index (χ4n) is 0.950. The van der Waals surface area contributed by atoms with E-state index in [1.807, 2.05) is 32.3 Å². The summed E-state index contributed by atoms with van der Waals surface area (Å²) in [4.78, 5) is 1.75. The van der Waals surface area contributed by atoms with Crippen LogP contribution in [0.15, 0.2) is 50.7 Å². The lowest BCUT2D eigenvalue weighted by Gasteiger charge is -2.02. The van der Waals surface area contributed by atoms with E-state index in [2.05, 4.69) is 17.6 Å². The summed E-state index contributed by atoms with van der Waals surface area (Å²) < 4.78 is 4.23. The average molecular weight is 266 g/mol. The highest BCUT2D eigenvalue weighted by molar-refractivity contribution is 8.03. The molecule has 0 rings (SSSR count). The summed E-state index contributed by atoms with van der Waals surface area (Å²) in [6.07, 6.45) is 8.85. The predicted molar refractivity (Wildman–Crippen MR) is 84.2 cm³/mol. The molecule has 0 aliphatic carbocycles. The van der Waals surface area contributed by atoms with Crippen molar-refractivity contribution in [1.82, 2.24) is 0 Å². The zero-order valence-corrected chi connectivity index (χ0v) is 12.1. The number of hydrogen-bond acceptors (Lipinski definition) is 4. The molecule has 0 aromatic carbocycles. The lowest BCUT2D eigenvalue weighted by molar-refractivity contribution is 1.53. The molecule has 0 aromatic heterocycles. The molecule has 17 heavy (non-hydrogen) atoms. The highest BCUT2D eigenvalue weighted by Crippen LogP contribution is 2.23. The molecule has 1 N–H and O–H groups in total. The van der Waals surface area contributed by atoms with E-state index in [1.54, 1.807) is 18.0 Å². The van der Waals surface area contributed by atoms with Gasteiger partial charge in [-0.3, -0.25) is 0 Å². The normalized spacial score (nSPS) is 12.9. The first-order valence-corrected chi connectivity index (χ1v) is 7.06. The van der Waals surface area contributed by atoms with E-state index in [0.717, 1.165) is 21.0 Å². The number of hydrogen-bond donors (Lipinski definition) is 1. The fraction of sp³-hybridized carbons (Fsp3) is 0.231. The van der Waals surface area contributed by atoms with E-state index in [9.17, 15) is 0 Å². The Morgan fingerprint density at radius 1 is 1.12 bits per heavy atom. The second kappa shape index (κ2) is 9.07. The van der Waals surface area contributed by atoms with Crippen LogP contribution in [0.4, 0.5) is 0 Å². The average Bonchev–Trinajstić information content (AvgIpc) is 2.35. The molecule has 0 fully saturated rings. The van der Waals surface area contributed by atoms with Crippen molar-refractivity contribution in [3.8, 4) is 0 Å². The maximum absolute atomic E-state index is 7.20. The van der Waals surface area contributed by atoms with Crippen LogP contribution in [0, 0.1) is 5.41 Å². The number of nitrogens with one attached hydrogen (secondary N) is 1. The molecule has 0 atom stereocenters. The van der Waals surface area contributed by atoms with Gasteiger partial charge in [0.2, 0.25) is 0 Å². The number of nitrogens with zero attached hydrogens (tertiary/aromatic N) is 1. The van der Waals surface area contributed by atoms with Gasteiger partial charge in [0.1, 0.15) is 0 Å². The van der Waals surface area contributed by atoms with E-state index in [0.29, 0.717) is 0 Å². The Kier molecular flexibility index (Phi) is 8.54. The molecule has 0 spiro atoms. The third kappa shape index (κ3) is 5.75. The van der Waals surface area contributed by atoms with Gasteiger partial charge in [-0.2, -0.15) is 0 Å². The Hall–Kier alpha value is -1.00. The van der Waals surface area contributed by atoms with Crippen molar-refractivity contribution in [3.63, 3.8) is 0 Å². The molecule has 2 nitrogen and oxygen atoms in total. The van der Waals surface area contributed by atoms with Crippen molar-refractivity contribution in [1.29, 1.82) is 5.41 Å². The Labute approximate surface area is 112 Å². The Morgan fingerprint density at radius 2 is 1.71 bits per heavy atom. The van der Waals surface area contributed by atoms with E-state index in [-0.39, 0.29) is 0 Å². The third-order valence-corrected chi connectivity index (χ3v) is 3.42. The maximum atomic E-state index is 7.20. The summed E-state index contributed by atoms with van der Waals surface area (Å²) in [5.74, 6) is 0. The molecule has 4 heteroatoms. The quantitative estimate of drug-likeness (QED) is 0.414. The number of rotatable bonds is 7. The van der Waals surface area contributed by atoms with Gasteiger partial charge >= 0.3 is 0 Å². The van der Waals surface area contributed by atoms with Gasteiger partial charge in [-0.25, -0.2) is 4.40 Å². The summed E-state index contributed by atoms with van der Waals surface area (Å²) in [5, 5.41) is 7.20. The van der Waals surface area contributed by atoms with Crippen LogP contribution in [0.5, 0.6) is 0 Å². The van der Waals surface area contributed by atoms with Crippen molar-refractivity contribution in [2.45, 2.75) is 13.8 Å². The van der Waals surface area contributed by atoms with Crippen molar-refractivity contribution < 1.29 is 0 Å². The SMILES string of the molecule is C=C(S/N=C\C(=C\C)C(=C)SC)/C(C=N)=C\C. The molecular formula is C13H18N2S2. The lowest BCUT2D eigenvalue weighted by Crippen LogP contribution is -1.86. The van der Waals surface area contributed by atoms with Crippen molar-refractivity contribution in [2.75, 3.05) is 6.26 Å². The van der Waals surface area contributed by atoms with Crippen molar-refractivity contribution in [2.24, 2.45) is 4.40 Å². The van der Waals surface area contributed by atoms with Gasteiger partial charge in [0.15, 0.2) is 0 Å². The molecule has 0 aromatic rings. The van der Waals surface area contributed by atoms with Crippen LogP contribution in [0.2, 0.25) is 0 Å². The van der Waals surface area contributed by atoms with Crippen molar-refractivity contribution in [3.05, 3.63) is 46.3 Å². The largest absolute Gasteiger partial charge is 0.308 e. The van der Waals surface area contributed by atoms with Gasteiger partial charge in [0, 0.05) is 45.3 Å². The van der Waals surface area contributed by atoms with Crippen LogP contribution in [-0.4, -0.2) is 18.7 Å². The topological polar surface area (TPSA) is 36.2 Å². The predicted octanol–water partition coefficient (Wildman–Crippen LogP) is 4.64. The molecule has 0 unspecified atom stereocenters. The van der Waals surface area contributed by atoms with Crippen LogP contribution in [-0.2, 0) is 0 Å². The molecule has 92 valence electrons. The van der Waals surface area contributed by atoms with Gasteiger partial charge in [-0.1, -0.05) is 25.3 Å². The molecule has 0 amide bonds. The summed E-state index contributed by atoms with van der Waals surface area (Å²) >= 11 is 2.87. The summed E-state index contributed by atoms with van der Waals surface area (Å²) in [6, 6.07) is 0. The van der Waals surface area contributed by atoms with Crippen LogP contribution in [0.1, 0.15) is 13.8 Å². The van der Waals surface area contributed by atoms with Crippen LogP contribution in [0.25, 0.3) is 0 Å². The lowest BCUT2D eigenvalue weighted by atomic mass is 10.3.